The Balaban J connectivity index is 2.89. The first-order valence-corrected chi connectivity index (χ1v) is 5.00. The topological polar surface area (TPSA) is 35.8 Å². The lowest BCUT2D eigenvalue weighted by Crippen LogP contribution is -2.01. The van der Waals surface area contributed by atoms with Crippen LogP contribution in [0.1, 0.15) is 18.9 Å². The predicted octanol–water partition coefficient (Wildman–Crippen LogP) is 3.14. The third-order valence-corrected chi connectivity index (χ3v) is 2.16. The summed E-state index contributed by atoms with van der Waals surface area (Å²) < 4.78 is 0.991. The standard InChI is InChI=1S/C10H11BrN2/c1-2-5-13-10-6-9(11)4-3-8(10)7-12/h3-4,6,13H,2,5H2,1H3. The van der Waals surface area contributed by atoms with Gasteiger partial charge in [-0.1, -0.05) is 22.9 Å². The molecule has 3 heteroatoms. The highest BCUT2D eigenvalue weighted by Gasteiger charge is 2.00. The van der Waals surface area contributed by atoms with Gasteiger partial charge in [-0.3, -0.25) is 0 Å². The highest BCUT2D eigenvalue weighted by atomic mass is 79.9. The van der Waals surface area contributed by atoms with Gasteiger partial charge in [-0.15, -0.1) is 0 Å². The Kier molecular flexibility index (Phi) is 3.78. The Bertz CT molecular complexity index is 328. The van der Waals surface area contributed by atoms with Crippen LogP contribution < -0.4 is 5.32 Å². The Morgan fingerprint density at radius 3 is 2.92 bits per heavy atom. The average Bonchev–Trinajstić information content (AvgIpc) is 2.15. The SMILES string of the molecule is CCCNc1cc(Br)ccc1C#N. The van der Waals surface area contributed by atoms with Crippen molar-refractivity contribution in [1.82, 2.24) is 0 Å². The van der Waals surface area contributed by atoms with E-state index in [4.69, 9.17) is 5.26 Å². The van der Waals surface area contributed by atoms with Crippen molar-refractivity contribution in [2.75, 3.05) is 11.9 Å². The molecule has 0 fully saturated rings. The van der Waals surface area contributed by atoms with Gasteiger partial charge >= 0.3 is 0 Å². The molecule has 0 aromatic heterocycles. The fourth-order valence-corrected chi connectivity index (χ4v) is 1.38. The number of nitrogens with zero attached hydrogens (tertiary/aromatic N) is 1. The van der Waals surface area contributed by atoms with Crippen LogP contribution in [0.3, 0.4) is 0 Å². The molecule has 0 radical (unpaired) electrons. The fourth-order valence-electron chi connectivity index (χ4n) is 1.02. The summed E-state index contributed by atoms with van der Waals surface area (Å²) in [7, 11) is 0. The minimum Gasteiger partial charge on any atom is -0.384 e. The van der Waals surface area contributed by atoms with Gasteiger partial charge in [0.15, 0.2) is 0 Å². The molecular weight excluding hydrogens is 228 g/mol. The van der Waals surface area contributed by atoms with Crippen molar-refractivity contribution in [1.29, 1.82) is 5.26 Å². The molecule has 0 atom stereocenters. The highest BCUT2D eigenvalue weighted by molar-refractivity contribution is 9.10. The zero-order valence-corrected chi connectivity index (χ0v) is 9.06. The van der Waals surface area contributed by atoms with E-state index in [-0.39, 0.29) is 0 Å². The molecule has 0 aliphatic heterocycles. The highest BCUT2D eigenvalue weighted by Crippen LogP contribution is 2.20. The van der Waals surface area contributed by atoms with Crippen LogP contribution in [0.2, 0.25) is 0 Å². The van der Waals surface area contributed by atoms with E-state index in [0.717, 1.165) is 23.1 Å². The van der Waals surface area contributed by atoms with Crippen LogP contribution in [0.15, 0.2) is 22.7 Å². The fraction of sp³-hybridized carbons (Fsp3) is 0.300. The molecule has 1 aromatic carbocycles. The quantitative estimate of drug-likeness (QED) is 0.879. The van der Waals surface area contributed by atoms with Gasteiger partial charge in [0.1, 0.15) is 6.07 Å². The molecule has 1 rings (SSSR count). The van der Waals surface area contributed by atoms with Gasteiger partial charge in [-0.2, -0.15) is 5.26 Å². The van der Waals surface area contributed by atoms with E-state index in [0.29, 0.717) is 5.56 Å². The van der Waals surface area contributed by atoms with Crippen LogP contribution in [0.4, 0.5) is 5.69 Å². The van der Waals surface area contributed by atoms with E-state index in [9.17, 15) is 0 Å². The van der Waals surface area contributed by atoms with Crippen molar-refractivity contribution in [3.05, 3.63) is 28.2 Å². The van der Waals surface area contributed by atoms with Crippen LogP contribution in [-0.2, 0) is 0 Å². The summed E-state index contributed by atoms with van der Waals surface area (Å²) in [5, 5.41) is 12.0. The van der Waals surface area contributed by atoms with Crippen molar-refractivity contribution in [3.8, 4) is 6.07 Å². The molecule has 1 aromatic rings. The second-order valence-corrected chi connectivity index (χ2v) is 3.64. The molecule has 0 saturated heterocycles. The lowest BCUT2D eigenvalue weighted by Gasteiger charge is -2.06. The number of halogens is 1. The first-order chi connectivity index (χ1) is 6.27. The minimum atomic E-state index is 0.691. The molecule has 1 N–H and O–H groups in total. The van der Waals surface area contributed by atoms with Gasteiger partial charge < -0.3 is 5.32 Å². The molecule has 13 heavy (non-hydrogen) atoms. The van der Waals surface area contributed by atoms with Gasteiger partial charge in [-0.25, -0.2) is 0 Å². The van der Waals surface area contributed by atoms with Crippen molar-refractivity contribution in [3.63, 3.8) is 0 Å². The van der Waals surface area contributed by atoms with Crippen LogP contribution in [-0.4, -0.2) is 6.54 Å². The summed E-state index contributed by atoms with van der Waals surface area (Å²) in [5.74, 6) is 0. The number of benzene rings is 1. The molecule has 0 bridgehead atoms. The molecule has 0 unspecified atom stereocenters. The molecule has 0 spiro atoms. The zero-order chi connectivity index (χ0) is 9.68. The molecular formula is C10H11BrN2. The largest absolute Gasteiger partial charge is 0.384 e. The summed E-state index contributed by atoms with van der Waals surface area (Å²) in [6, 6.07) is 7.75. The minimum absolute atomic E-state index is 0.691. The molecule has 0 aliphatic rings. The summed E-state index contributed by atoms with van der Waals surface area (Å²) in [5.41, 5.74) is 1.59. The molecule has 68 valence electrons. The smallest absolute Gasteiger partial charge is 0.101 e. The second-order valence-electron chi connectivity index (χ2n) is 2.73. The third-order valence-electron chi connectivity index (χ3n) is 1.67. The Labute approximate surface area is 86.7 Å². The number of anilines is 1. The lowest BCUT2D eigenvalue weighted by atomic mass is 10.2. The zero-order valence-electron chi connectivity index (χ0n) is 7.47. The normalized spacial score (nSPS) is 9.31. The number of nitriles is 1. The Hall–Kier alpha value is -1.01. The van der Waals surface area contributed by atoms with Crippen LogP contribution in [0.25, 0.3) is 0 Å². The Morgan fingerprint density at radius 1 is 1.54 bits per heavy atom. The molecule has 0 amide bonds. The number of rotatable bonds is 3. The lowest BCUT2D eigenvalue weighted by molar-refractivity contribution is 0.978. The van der Waals surface area contributed by atoms with E-state index >= 15 is 0 Å². The van der Waals surface area contributed by atoms with Crippen molar-refractivity contribution >= 4 is 21.6 Å². The first kappa shape index (κ1) is 10.1. The summed E-state index contributed by atoms with van der Waals surface area (Å²) in [4.78, 5) is 0. The maximum Gasteiger partial charge on any atom is 0.101 e. The third kappa shape index (κ3) is 2.74. The Morgan fingerprint density at radius 2 is 2.31 bits per heavy atom. The van der Waals surface area contributed by atoms with Crippen LogP contribution in [0, 0.1) is 11.3 Å². The van der Waals surface area contributed by atoms with Gasteiger partial charge in [0.2, 0.25) is 0 Å². The van der Waals surface area contributed by atoms with E-state index in [1.165, 1.54) is 0 Å². The van der Waals surface area contributed by atoms with Gasteiger partial charge in [0.25, 0.3) is 0 Å². The van der Waals surface area contributed by atoms with Crippen molar-refractivity contribution in [2.24, 2.45) is 0 Å². The van der Waals surface area contributed by atoms with Crippen LogP contribution >= 0.6 is 15.9 Å². The number of hydrogen-bond donors (Lipinski definition) is 1. The number of hydrogen-bond acceptors (Lipinski definition) is 2. The maximum atomic E-state index is 8.80. The molecule has 0 saturated carbocycles. The average molecular weight is 239 g/mol. The van der Waals surface area contributed by atoms with E-state index < -0.39 is 0 Å². The maximum absolute atomic E-state index is 8.80. The van der Waals surface area contributed by atoms with Gasteiger partial charge in [0.05, 0.1) is 11.3 Å². The van der Waals surface area contributed by atoms with Crippen molar-refractivity contribution < 1.29 is 0 Å². The van der Waals surface area contributed by atoms with E-state index in [1.807, 2.05) is 18.2 Å². The summed E-state index contributed by atoms with van der Waals surface area (Å²) >= 11 is 3.37. The first-order valence-electron chi connectivity index (χ1n) is 4.21. The van der Waals surface area contributed by atoms with E-state index in [1.54, 1.807) is 0 Å². The monoisotopic (exact) mass is 238 g/mol. The molecule has 2 nitrogen and oxygen atoms in total. The van der Waals surface area contributed by atoms with Crippen LogP contribution in [0.5, 0.6) is 0 Å². The molecule has 0 aliphatic carbocycles. The second kappa shape index (κ2) is 4.88. The van der Waals surface area contributed by atoms with Gasteiger partial charge in [-0.05, 0) is 24.6 Å². The van der Waals surface area contributed by atoms with E-state index in [2.05, 4.69) is 34.2 Å². The summed E-state index contributed by atoms with van der Waals surface area (Å²) in [6.07, 6.45) is 1.05. The molecule has 0 heterocycles. The van der Waals surface area contributed by atoms with Gasteiger partial charge in [0, 0.05) is 11.0 Å². The summed E-state index contributed by atoms with van der Waals surface area (Å²) in [6.45, 7) is 2.99. The van der Waals surface area contributed by atoms with Crippen molar-refractivity contribution in [2.45, 2.75) is 13.3 Å². The number of nitrogens with one attached hydrogen (secondary N) is 1. The predicted molar refractivity (Wildman–Crippen MR) is 57.6 cm³/mol.